The second-order valence-electron chi connectivity index (χ2n) is 5.81. The highest BCUT2D eigenvalue weighted by Crippen LogP contribution is 2.32. The van der Waals surface area contributed by atoms with Crippen LogP contribution in [-0.4, -0.2) is 59.4 Å². The molecule has 0 bridgehead atoms. The van der Waals surface area contributed by atoms with Crippen LogP contribution in [-0.2, 0) is 4.79 Å². The van der Waals surface area contributed by atoms with E-state index in [-0.39, 0.29) is 12.5 Å². The maximum absolute atomic E-state index is 12.5. The number of nitrogens with zero attached hydrogens (tertiary/aromatic N) is 2. The van der Waals surface area contributed by atoms with Crippen molar-refractivity contribution in [3.63, 3.8) is 0 Å². The molecular weight excluding hydrogens is 326 g/mol. The van der Waals surface area contributed by atoms with E-state index in [4.69, 9.17) is 14.6 Å². The molecule has 1 fully saturated rings. The molecule has 2 aromatic rings. The highest BCUT2D eigenvalue weighted by molar-refractivity contribution is 5.94. The van der Waals surface area contributed by atoms with Gasteiger partial charge in [0.1, 0.15) is 5.69 Å². The fourth-order valence-corrected chi connectivity index (χ4v) is 2.89. The predicted molar refractivity (Wildman–Crippen MR) is 88.8 cm³/mol. The van der Waals surface area contributed by atoms with Crippen LogP contribution in [0.15, 0.2) is 24.3 Å². The summed E-state index contributed by atoms with van der Waals surface area (Å²) in [6.45, 7) is 0.652. The third kappa shape index (κ3) is 3.28. The summed E-state index contributed by atoms with van der Waals surface area (Å²) in [7, 11) is 3.11. The number of aliphatic carboxylic acids is 1. The molecule has 2 heterocycles. The minimum atomic E-state index is -0.870. The third-order valence-electron chi connectivity index (χ3n) is 4.31. The maximum Gasteiger partial charge on any atom is 0.308 e. The fourth-order valence-electron chi connectivity index (χ4n) is 2.89. The van der Waals surface area contributed by atoms with E-state index < -0.39 is 11.9 Å². The first-order valence-corrected chi connectivity index (χ1v) is 7.83. The van der Waals surface area contributed by atoms with E-state index in [0.717, 1.165) is 5.56 Å². The van der Waals surface area contributed by atoms with Crippen molar-refractivity contribution in [3.05, 3.63) is 30.0 Å². The molecule has 1 unspecified atom stereocenters. The van der Waals surface area contributed by atoms with E-state index in [1.807, 2.05) is 6.07 Å². The number of benzene rings is 1. The molecular formula is C17H19N3O5. The van der Waals surface area contributed by atoms with Crippen molar-refractivity contribution in [2.24, 2.45) is 5.92 Å². The lowest BCUT2D eigenvalue weighted by molar-refractivity contribution is -0.141. The second-order valence-corrected chi connectivity index (χ2v) is 5.81. The molecule has 0 aliphatic carbocycles. The summed E-state index contributed by atoms with van der Waals surface area (Å²) in [6, 6.07) is 7.02. The largest absolute Gasteiger partial charge is 0.493 e. The van der Waals surface area contributed by atoms with Crippen molar-refractivity contribution >= 4 is 11.9 Å². The van der Waals surface area contributed by atoms with Gasteiger partial charge in [-0.1, -0.05) is 0 Å². The van der Waals surface area contributed by atoms with Crippen molar-refractivity contribution in [1.82, 2.24) is 15.1 Å². The predicted octanol–water partition coefficient (Wildman–Crippen LogP) is 1.64. The number of aromatic amines is 1. The number of carbonyl (C=O) groups is 2. The molecule has 1 atom stereocenters. The molecule has 1 aliphatic rings. The number of aromatic nitrogens is 2. The summed E-state index contributed by atoms with van der Waals surface area (Å²) in [6.07, 6.45) is 0.470. The van der Waals surface area contributed by atoms with Gasteiger partial charge in [0.05, 0.1) is 25.8 Å². The number of hydrogen-bond donors (Lipinski definition) is 2. The Morgan fingerprint density at radius 1 is 1.24 bits per heavy atom. The quantitative estimate of drug-likeness (QED) is 0.853. The molecule has 8 nitrogen and oxygen atoms in total. The van der Waals surface area contributed by atoms with Gasteiger partial charge in [-0.15, -0.1) is 0 Å². The molecule has 0 radical (unpaired) electrons. The SMILES string of the molecule is COc1ccc(-c2cc(C(=O)N3CCC(C(=O)O)C3)[nH]n2)cc1OC. The van der Waals surface area contributed by atoms with E-state index in [1.165, 1.54) is 4.90 Å². The lowest BCUT2D eigenvalue weighted by Gasteiger charge is -2.14. The van der Waals surface area contributed by atoms with Gasteiger partial charge in [-0.05, 0) is 30.7 Å². The lowest BCUT2D eigenvalue weighted by Crippen LogP contribution is -2.30. The Bertz CT molecular complexity index is 801. The Morgan fingerprint density at radius 2 is 2.00 bits per heavy atom. The van der Waals surface area contributed by atoms with Crippen molar-refractivity contribution in [2.45, 2.75) is 6.42 Å². The highest BCUT2D eigenvalue weighted by Gasteiger charge is 2.32. The minimum absolute atomic E-state index is 0.221. The zero-order valence-electron chi connectivity index (χ0n) is 14.0. The summed E-state index contributed by atoms with van der Waals surface area (Å²) >= 11 is 0. The fraction of sp³-hybridized carbons (Fsp3) is 0.353. The summed E-state index contributed by atoms with van der Waals surface area (Å²) in [4.78, 5) is 25.1. The van der Waals surface area contributed by atoms with Gasteiger partial charge in [0.2, 0.25) is 0 Å². The molecule has 1 aromatic heterocycles. The Morgan fingerprint density at radius 3 is 2.64 bits per heavy atom. The van der Waals surface area contributed by atoms with Crippen molar-refractivity contribution < 1.29 is 24.2 Å². The number of rotatable bonds is 5. The number of likely N-dealkylation sites (tertiary alicyclic amines) is 1. The first-order valence-electron chi connectivity index (χ1n) is 7.83. The van der Waals surface area contributed by atoms with E-state index in [1.54, 1.807) is 32.4 Å². The number of methoxy groups -OCH3 is 2. The van der Waals surface area contributed by atoms with Crippen LogP contribution in [0, 0.1) is 5.92 Å². The molecule has 1 aliphatic heterocycles. The van der Waals surface area contributed by atoms with Crippen LogP contribution in [0.2, 0.25) is 0 Å². The first-order chi connectivity index (χ1) is 12.0. The summed E-state index contributed by atoms with van der Waals surface area (Å²) in [5, 5.41) is 16.0. The molecule has 1 amide bonds. The molecule has 1 aromatic carbocycles. The van der Waals surface area contributed by atoms with Gasteiger partial charge < -0.3 is 19.5 Å². The number of carboxylic acid groups (broad SMARTS) is 1. The highest BCUT2D eigenvalue weighted by atomic mass is 16.5. The van der Waals surface area contributed by atoms with Gasteiger partial charge in [-0.3, -0.25) is 14.7 Å². The number of ether oxygens (including phenoxy) is 2. The smallest absolute Gasteiger partial charge is 0.308 e. The monoisotopic (exact) mass is 345 g/mol. The van der Waals surface area contributed by atoms with Crippen LogP contribution in [0.4, 0.5) is 0 Å². The standard InChI is InChI=1S/C17H19N3O5/c1-24-14-4-3-10(7-15(14)25-2)12-8-13(19-18-12)16(21)20-6-5-11(9-20)17(22)23/h3-4,7-8,11H,5-6,9H2,1-2H3,(H,18,19)(H,22,23). The number of nitrogens with one attached hydrogen (secondary N) is 1. The second kappa shape index (κ2) is 6.84. The first kappa shape index (κ1) is 16.8. The molecule has 1 saturated heterocycles. The Labute approximate surface area is 144 Å². The average Bonchev–Trinajstić information content (AvgIpc) is 3.30. The number of hydrogen-bond acceptors (Lipinski definition) is 5. The topological polar surface area (TPSA) is 105 Å². The van der Waals surface area contributed by atoms with Crippen LogP contribution < -0.4 is 9.47 Å². The van der Waals surface area contributed by atoms with Crippen LogP contribution in [0.3, 0.4) is 0 Å². The van der Waals surface area contributed by atoms with Crippen LogP contribution in [0.5, 0.6) is 11.5 Å². The van der Waals surface area contributed by atoms with Crippen molar-refractivity contribution in [2.75, 3.05) is 27.3 Å². The minimum Gasteiger partial charge on any atom is -0.493 e. The molecule has 2 N–H and O–H groups in total. The summed E-state index contributed by atoms with van der Waals surface area (Å²) in [5.74, 6) is -0.444. The number of H-pyrrole nitrogens is 1. The number of amides is 1. The van der Waals surface area contributed by atoms with Gasteiger partial charge in [-0.25, -0.2) is 0 Å². The van der Waals surface area contributed by atoms with Crippen molar-refractivity contribution in [1.29, 1.82) is 0 Å². The van der Waals surface area contributed by atoms with Crippen LogP contribution >= 0.6 is 0 Å². The van der Waals surface area contributed by atoms with Gasteiger partial charge in [0.15, 0.2) is 11.5 Å². The molecule has 3 rings (SSSR count). The Balaban J connectivity index is 1.79. The molecule has 25 heavy (non-hydrogen) atoms. The van der Waals surface area contributed by atoms with E-state index in [0.29, 0.717) is 35.9 Å². The zero-order valence-corrected chi connectivity index (χ0v) is 14.0. The summed E-state index contributed by atoms with van der Waals surface area (Å²) < 4.78 is 10.5. The number of carbonyl (C=O) groups excluding carboxylic acids is 1. The van der Waals surface area contributed by atoms with Crippen LogP contribution in [0.25, 0.3) is 11.3 Å². The van der Waals surface area contributed by atoms with Gasteiger partial charge in [0, 0.05) is 18.7 Å². The van der Waals surface area contributed by atoms with Gasteiger partial charge >= 0.3 is 5.97 Å². The average molecular weight is 345 g/mol. The van der Waals surface area contributed by atoms with E-state index >= 15 is 0 Å². The maximum atomic E-state index is 12.5. The Hall–Kier alpha value is -3.03. The molecule has 8 heteroatoms. The molecule has 0 saturated carbocycles. The Kier molecular flexibility index (Phi) is 4.60. The molecule has 132 valence electrons. The van der Waals surface area contributed by atoms with Gasteiger partial charge in [0.25, 0.3) is 5.91 Å². The van der Waals surface area contributed by atoms with Crippen molar-refractivity contribution in [3.8, 4) is 22.8 Å². The van der Waals surface area contributed by atoms with Gasteiger partial charge in [-0.2, -0.15) is 5.10 Å². The zero-order chi connectivity index (χ0) is 18.0. The van der Waals surface area contributed by atoms with Crippen LogP contribution in [0.1, 0.15) is 16.9 Å². The van der Waals surface area contributed by atoms with E-state index in [2.05, 4.69) is 10.2 Å². The molecule has 0 spiro atoms. The third-order valence-corrected chi connectivity index (χ3v) is 4.31. The normalized spacial score (nSPS) is 16.7. The summed E-state index contributed by atoms with van der Waals surface area (Å²) in [5.41, 5.74) is 1.70. The lowest BCUT2D eigenvalue weighted by atomic mass is 10.1. The van der Waals surface area contributed by atoms with E-state index in [9.17, 15) is 9.59 Å². The number of carboxylic acids is 1.